The van der Waals surface area contributed by atoms with E-state index < -0.39 is 12.3 Å². The van der Waals surface area contributed by atoms with E-state index in [9.17, 15) is 14.4 Å². The lowest BCUT2D eigenvalue weighted by Gasteiger charge is -2.33. The largest absolute Gasteiger partial charge is 0.513 e. The monoisotopic (exact) mass is 496 g/mol. The van der Waals surface area contributed by atoms with E-state index in [0.29, 0.717) is 48.5 Å². The number of amides is 2. The normalized spacial score (nSPS) is 14.8. The highest BCUT2D eigenvalue weighted by Gasteiger charge is 2.27. The van der Waals surface area contributed by atoms with Crippen molar-refractivity contribution >= 4 is 18.0 Å². The Bertz CT molecular complexity index is 1010. The van der Waals surface area contributed by atoms with Crippen molar-refractivity contribution in [3.05, 3.63) is 59.7 Å². The van der Waals surface area contributed by atoms with Crippen LogP contribution < -0.4 is 14.8 Å². The van der Waals surface area contributed by atoms with Crippen LogP contribution in [-0.4, -0.2) is 55.2 Å². The van der Waals surface area contributed by atoms with Gasteiger partial charge in [-0.15, -0.1) is 0 Å². The highest BCUT2D eigenvalue weighted by Crippen LogP contribution is 2.22. The zero-order valence-electron chi connectivity index (χ0n) is 21.5. The van der Waals surface area contributed by atoms with Crippen LogP contribution in [0.1, 0.15) is 62.4 Å². The Balaban J connectivity index is 1.40. The summed E-state index contributed by atoms with van der Waals surface area (Å²) in [5.41, 5.74) is 1.71. The maximum atomic E-state index is 12.9. The first-order valence-electron chi connectivity index (χ1n) is 12.5. The van der Waals surface area contributed by atoms with Crippen LogP contribution in [0.25, 0.3) is 0 Å². The number of rotatable bonds is 9. The fourth-order valence-electron chi connectivity index (χ4n) is 4.06. The Kier molecular flexibility index (Phi) is 9.73. The van der Waals surface area contributed by atoms with E-state index in [-0.39, 0.29) is 18.4 Å². The zero-order valence-corrected chi connectivity index (χ0v) is 21.5. The molecule has 1 unspecified atom stereocenters. The Morgan fingerprint density at radius 3 is 2.14 bits per heavy atom. The molecule has 194 valence electrons. The minimum atomic E-state index is -0.777. The fourth-order valence-corrected chi connectivity index (χ4v) is 4.06. The van der Waals surface area contributed by atoms with Crippen LogP contribution in [0, 0.1) is 5.92 Å². The molecule has 1 aliphatic rings. The third-order valence-corrected chi connectivity index (χ3v) is 6.26. The van der Waals surface area contributed by atoms with E-state index in [1.54, 1.807) is 38.1 Å². The number of hydrogen-bond acceptors (Lipinski definition) is 6. The summed E-state index contributed by atoms with van der Waals surface area (Å²) in [6.45, 7) is 9.80. The predicted octanol–water partition coefficient (Wildman–Crippen LogP) is 4.78. The van der Waals surface area contributed by atoms with Crippen LogP contribution in [0.3, 0.4) is 0 Å². The van der Waals surface area contributed by atoms with Gasteiger partial charge >= 0.3 is 6.16 Å². The van der Waals surface area contributed by atoms with Crippen molar-refractivity contribution in [2.75, 3.05) is 26.2 Å². The molecule has 1 N–H and O–H groups in total. The van der Waals surface area contributed by atoms with Gasteiger partial charge in [0, 0.05) is 25.2 Å². The molecule has 2 aromatic carbocycles. The number of hydrogen-bond donors (Lipinski definition) is 1. The number of nitrogens with zero attached hydrogens (tertiary/aromatic N) is 1. The van der Waals surface area contributed by atoms with Gasteiger partial charge in [-0.05, 0) is 80.5 Å². The summed E-state index contributed by atoms with van der Waals surface area (Å²) < 4.78 is 15.6. The maximum absolute atomic E-state index is 12.9. The van der Waals surface area contributed by atoms with Crippen molar-refractivity contribution in [1.82, 2.24) is 10.2 Å². The maximum Gasteiger partial charge on any atom is 0.513 e. The van der Waals surface area contributed by atoms with Crippen molar-refractivity contribution in [3.8, 4) is 11.5 Å². The van der Waals surface area contributed by atoms with E-state index in [1.165, 1.54) is 5.56 Å². The quantitative estimate of drug-likeness (QED) is 0.397. The molecule has 8 heteroatoms. The first-order valence-corrected chi connectivity index (χ1v) is 12.5. The second-order valence-electron chi connectivity index (χ2n) is 9.27. The average Bonchev–Trinajstić information content (AvgIpc) is 2.88. The Morgan fingerprint density at radius 2 is 1.56 bits per heavy atom. The molecule has 1 aliphatic heterocycles. The summed E-state index contributed by atoms with van der Waals surface area (Å²) in [6, 6.07) is 14.2. The summed E-state index contributed by atoms with van der Waals surface area (Å²) in [6.07, 6.45) is 0.296. The van der Waals surface area contributed by atoms with Crippen LogP contribution in [0.2, 0.25) is 0 Å². The molecule has 1 fully saturated rings. The molecule has 0 bridgehead atoms. The molecule has 1 heterocycles. The molecular formula is C28H36N2O6. The van der Waals surface area contributed by atoms with Gasteiger partial charge in [0.15, 0.2) is 6.10 Å². The molecule has 0 spiro atoms. The molecule has 0 aliphatic carbocycles. The van der Waals surface area contributed by atoms with Crippen LogP contribution in [0.4, 0.5) is 4.79 Å². The van der Waals surface area contributed by atoms with Crippen LogP contribution in [0.15, 0.2) is 48.5 Å². The van der Waals surface area contributed by atoms with Crippen molar-refractivity contribution in [1.29, 1.82) is 0 Å². The van der Waals surface area contributed by atoms with Gasteiger partial charge in [-0.1, -0.05) is 26.0 Å². The molecule has 0 radical (unpaired) electrons. The SMILES string of the molecule is CCOC(=O)Oc1ccc(C(=O)NCC2CCN(C(=O)C(C)Oc3ccc(C(C)C)cc3)CC2)cc1. The van der Waals surface area contributed by atoms with E-state index in [2.05, 4.69) is 19.2 Å². The second-order valence-corrected chi connectivity index (χ2v) is 9.27. The second kappa shape index (κ2) is 13.0. The van der Waals surface area contributed by atoms with E-state index in [0.717, 1.165) is 12.8 Å². The lowest BCUT2D eigenvalue weighted by atomic mass is 9.96. The van der Waals surface area contributed by atoms with E-state index in [1.807, 2.05) is 29.2 Å². The average molecular weight is 497 g/mol. The number of ether oxygens (including phenoxy) is 3. The molecule has 0 saturated carbocycles. The Morgan fingerprint density at radius 1 is 0.944 bits per heavy atom. The molecule has 36 heavy (non-hydrogen) atoms. The van der Waals surface area contributed by atoms with Gasteiger partial charge < -0.3 is 24.4 Å². The first kappa shape index (κ1) is 27.0. The lowest BCUT2D eigenvalue weighted by Crippen LogP contribution is -2.46. The highest BCUT2D eigenvalue weighted by atomic mass is 16.7. The van der Waals surface area contributed by atoms with Crippen molar-refractivity contribution in [3.63, 3.8) is 0 Å². The number of likely N-dealkylation sites (tertiary alicyclic amines) is 1. The van der Waals surface area contributed by atoms with Crippen molar-refractivity contribution in [2.45, 2.75) is 52.6 Å². The number of piperidine rings is 1. The van der Waals surface area contributed by atoms with Gasteiger partial charge in [-0.2, -0.15) is 0 Å². The number of carbonyl (C=O) groups excluding carboxylic acids is 3. The topological polar surface area (TPSA) is 94.2 Å². The number of carbonyl (C=O) groups is 3. The molecule has 2 aromatic rings. The first-order chi connectivity index (χ1) is 17.3. The summed E-state index contributed by atoms with van der Waals surface area (Å²) >= 11 is 0. The summed E-state index contributed by atoms with van der Waals surface area (Å²) in [4.78, 5) is 38.6. The highest BCUT2D eigenvalue weighted by molar-refractivity contribution is 5.94. The summed E-state index contributed by atoms with van der Waals surface area (Å²) in [7, 11) is 0. The van der Waals surface area contributed by atoms with E-state index in [4.69, 9.17) is 14.2 Å². The van der Waals surface area contributed by atoms with Gasteiger partial charge in [0.25, 0.3) is 11.8 Å². The lowest BCUT2D eigenvalue weighted by molar-refractivity contribution is -0.139. The Labute approximate surface area is 212 Å². The fraction of sp³-hybridized carbons (Fsp3) is 0.464. The third kappa shape index (κ3) is 7.73. The molecule has 8 nitrogen and oxygen atoms in total. The van der Waals surface area contributed by atoms with E-state index >= 15 is 0 Å². The molecule has 2 amide bonds. The zero-order chi connectivity index (χ0) is 26.1. The number of benzene rings is 2. The predicted molar refractivity (Wildman–Crippen MR) is 136 cm³/mol. The minimum absolute atomic E-state index is 0.0180. The molecule has 3 rings (SSSR count). The minimum Gasteiger partial charge on any atom is -0.481 e. The number of nitrogens with one attached hydrogen (secondary N) is 1. The molecule has 1 saturated heterocycles. The van der Waals surface area contributed by atoms with Gasteiger partial charge in [0.2, 0.25) is 0 Å². The summed E-state index contributed by atoms with van der Waals surface area (Å²) in [5.74, 6) is 1.54. The van der Waals surface area contributed by atoms with Crippen molar-refractivity contribution < 1.29 is 28.6 Å². The molecule has 1 atom stereocenters. The molecule has 0 aromatic heterocycles. The van der Waals surface area contributed by atoms with Gasteiger partial charge in [0.1, 0.15) is 11.5 Å². The molecular weight excluding hydrogens is 460 g/mol. The van der Waals surface area contributed by atoms with Crippen LogP contribution in [-0.2, 0) is 9.53 Å². The Hall–Kier alpha value is -3.55. The van der Waals surface area contributed by atoms with Gasteiger partial charge in [-0.3, -0.25) is 9.59 Å². The standard InChI is InChI=1S/C28H36N2O6/c1-5-34-28(33)36-25-12-8-23(9-13-25)26(31)29-18-21-14-16-30(17-15-21)27(32)20(4)35-24-10-6-22(7-11-24)19(2)3/h6-13,19-21H,5,14-18H2,1-4H3,(H,29,31). The van der Waals surface area contributed by atoms with Crippen molar-refractivity contribution in [2.24, 2.45) is 5.92 Å². The van der Waals surface area contributed by atoms with Gasteiger partial charge in [0.05, 0.1) is 6.61 Å². The van der Waals surface area contributed by atoms with Crippen LogP contribution >= 0.6 is 0 Å². The van der Waals surface area contributed by atoms with Gasteiger partial charge in [-0.25, -0.2) is 4.79 Å². The smallest absolute Gasteiger partial charge is 0.481 e. The summed E-state index contributed by atoms with van der Waals surface area (Å²) in [5, 5.41) is 2.96. The third-order valence-electron chi connectivity index (χ3n) is 6.26. The van der Waals surface area contributed by atoms with Crippen LogP contribution in [0.5, 0.6) is 11.5 Å².